The van der Waals surface area contributed by atoms with Crippen molar-refractivity contribution < 1.29 is 4.79 Å². The number of carbonyl (C=O) groups is 1. The van der Waals surface area contributed by atoms with Crippen molar-refractivity contribution in [2.24, 2.45) is 0 Å². The number of hydrogen-bond donors (Lipinski definition) is 1. The molecule has 0 saturated carbocycles. The van der Waals surface area contributed by atoms with Gasteiger partial charge in [-0.15, -0.1) is 11.3 Å². The van der Waals surface area contributed by atoms with Gasteiger partial charge in [0.05, 0.1) is 6.54 Å². The lowest BCUT2D eigenvalue weighted by Crippen LogP contribution is -2.26. The van der Waals surface area contributed by atoms with Crippen LogP contribution in [0.1, 0.15) is 90.6 Å². The summed E-state index contributed by atoms with van der Waals surface area (Å²) in [5.74, 6) is 0.234. The summed E-state index contributed by atoms with van der Waals surface area (Å²) in [6.45, 7) is 12.0. The predicted octanol–water partition coefficient (Wildman–Crippen LogP) is 8.19. The lowest BCUT2D eigenvalue weighted by molar-refractivity contribution is 0.0948. The number of hydrogen-bond acceptors (Lipinski definition) is 4. The number of amides is 1. The Bertz CT molecular complexity index is 1270. The van der Waals surface area contributed by atoms with Crippen molar-refractivity contribution in [3.63, 3.8) is 0 Å². The topological polar surface area (TPSA) is 45.2 Å². The van der Waals surface area contributed by atoms with E-state index >= 15 is 0 Å². The third-order valence-electron chi connectivity index (χ3n) is 7.32. The molecule has 1 amide bonds. The number of unbranched alkanes of at least 4 members (excludes halogenated alkanes) is 1. The van der Waals surface area contributed by atoms with Crippen molar-refractivity contribution in [3.05, 3.63) is 123 Å². The summed E-state index contributed by atoms with van der Waals surface area (Å²) in [7, 11) is 0. The van der Waals surface area contributed by atoms with E-state index in [4.69, 9.17) is 4.98 Å². The highest BCUT2D eigenvalue weighted by molar-refractivity contribution is 7.09. The van der Waals surface area contributed by atoms with Crippen LogP contribution in [-0.2, 0) is 18.5 Å². The van der Waals surface area contributed by atoms with Crippen molar-refractivity contribution in [1.29, 1.82) is 0 Å². The van der Waals surface area contributed by atoms with Gasteiger partial charge in [-0.3, -0.25) is 9.69 Å². The molecule has 4 nitrogen and oxygen atoms in total. The summed E-state index contributed by atoms with van der Waals surface area (Å²) < 4.78 is 0. The molecule has 0 fully saturated rings. The van der Waals surface area contributed by atoms with Crippen molar-refractivity contribution >= 4 is 17.2 Å². The van der Waals surface area contributed by atoms with E-state index in [0.29, 0.717) is 24.7 Å². The third kappa shape index (κ3) is 8.61. The second-order valence-corrected chi connectivity index (χ2v) is 12.5. The van der Waals surface area contributed by atoms with E-state index in [1.165, 1.54) is 22.3 Å². The summed E-state index contributed by atoms with van der Waals surface area (Å²) in [6.07, 6.45) is 3.03. The zero-order chi connectivity index (χ0) is 28.4. The molecule has 0 saturated heterocycles. The van der Waals surface area contributed by atoms with Crippen LogP contribution in [0.5, 0.6) is 0 Å². The van der Waals surface area contributed by atoms with E-state index in [-0.39, 0.29) is 11.3 Å². The smallest absolute Gasteiger partial charge is 0.270 e. The van der Waals surface area contributed by atoms with E-state index < -0.39 is 0 Å². The van der Waals surface area contributed by atoms with Gasteiger partial charge < -0.3 is 5.32 Å². The zero-order valence-electron chi connectivity index (χ0n) is 24.4. The first-order chi connectivity index (χ1) is 19.3. The Kier molecular flexibility index (Phi) is 10.7. The summed E-state index contributed by atoms with van der Waals surface area (Å²) in [4.78, 5) is 19.8. The molecule has 1 aromatic heterocycles. The van der Waals surface area contributed by atoms with E-state index in [1.807, 2.05) is 5.38 Å². The highest BCUT2D eigenvalue weighted by atomic mass is 32.1. The van der Waals surface area contributed by atoms with Crippen molar-refractivity contribution in [2.45, 2.75) is 71.4 Å². The van der Waals surface area contributed by atoms with Crippen LogP contribution < -0.4 is 5.32 Å². The van der Waals surface area contributed by atoms with Crippen molar-refractivity contribution in [2.75, 3.05) is 13.1 Å². The van der Waals surface area contributed by atoms with E-state index in [9.17, 15) is 4.79 Å². The molecule has 4 rings (SSSR count). The molecule has 0 aliphatic rings. The summed E-state index contributed by atoms with van der Waals surface area (Å²) >= 11 is 1.58. The summed E-state index contributed by atoms with van der Waals surface area (Å²) in [5, 5.41) is 5.86. The lowest BCUT2D eigenvalue weighted by Gasteiger charge is -2.26. The lowest BCUT2D eigenvalue weighted by atomic mass is 9.86. The number of nitrogens with zero attached hydrogens (tertiary/aromatic N) is 2. The quantitative estimate of drug-likeness (QED) is 0.170. The van der Waals surface area contributed by atoms with Crippen LogP contribution >= 0.6 is 11.3 Å². The van der Waals surface area contributed by atoms with Crippen LogP contribution in [0.2, 0.25) is 0 Å². The van der Waals surface area contributed by atoms with Gasteiger partial charge >= 0.3 is 0 Å². The zero-order valence-corrected chi connectivity index (χ0v) is 25.2. The van der Waals surface area contributed by atoms with Gasteiger partial charge in [0.15, 0.2) is 0 Å². The predicted molar refractivity (Wildman–Crippen MR) is 168 cm³/mol. The molecule has 3 aromatic carbocycles. The number of thiazole rings is 1. The molecule has 210 valence electrons. The molecule has 4 aromatic rings. The molecule has 0 aliphatic heterocycles. The second-order valence-electron chi connectivity index (χ2n) is 11.6. The van der Waals surface area contributed by atoms with Gasteiger partial charge in [0.2, 0.25) is 0 Å². The fourth-order valence-electron chi connectivity index (χ4n) is 4.94. The van der Waals surface area contributed by atoms with Crippen molar-refractivity contribution in [3.8, 4) is 0 Å². The van der Waals surface area contributed by atoms with E-state index in [0.717, 1.165) is 37.4 Å². The molecule has 0 bridgehead atoms. The summed E-state index contributed by atoms with van der Waals surface area (Å²) in [6, 6.07) is 30.6. The summed E-state index contributed by atoms with van der Waals surface area (Å²) in [5.41, 5.74) is 5.96. The van der Waals surface area contributed by atoms with E-state index in [1.54, 1.807) is 11.3 Å². The second kappa shape index (κ2) is 14.4. The highest BCUT2D eigenvalue weighted by Gasteiger charge is 2.19. The Morgan fingerprint density at radius 2 is 1.52 bits per heavy atom. The van der Waals surface area contributed by atoms with Gasteiger partial charge in [0, 0.05) is 24.4 Å². The van der Waals surface area contributed by atoms with Crippen molar-refractivity contribution in [1.82, 2.24) is 15.2 Å². The van der Waals surface area contributed by atoms with Gasteiger partial charge in [-0.1, -0.05) is 119 Å². The molecule has 0 radical (unpaired) electrons. The molecule has 0 unspecified atom stereocenters. The van der Waals surface area contributed by atoms with Crippen LogP contribution in [0.15, 0.2) is 90.3 Å². The molecule has 40 heavy (non-hydrogen) atoms. The number of nitrogens with one attached hydrogen (secondary N) is 1. The number of aromatic nitrogens is 1. The normalized spacial score (nSPS) is 11.8. The third-order valence-corrected chi connectivity index (χ3v) is 8.16. The minimum atomic E-state index is -0.0755. The minimum Gasteiger partial charge on any atom is -0.351 e. The first kappa shape index (κ1) is 29.7. The molecule has 0 aliphatic carbocycles. The average Bonchev–Trinajstić information content (AvgIpc) is 3.43. The maximum Gasteiger partial charge on any atom is 0.270 e. The number of carbonyl (C=O) groups excluding carboxylic acids is 1. The van der Waals surface area contributed by atoms with Crippen LogP contribution in [0, 0.1) is 0 Å². The molecule has 0 atom stereocenters. The van der Waals surface area contributed by atoms with Crippen LogP contribution in [-0.4, -0.2) is 28.9 Å². The Hall–Kier alpha value is -3.28. The van der Waals surface area contributed by atoms with Crippen LogP contribution in [0.3, 0.4) is 0 Å². The highest BCUT2D eigenvalue weighted by Crippen LogP contribution is 2.29. The Morgan fingerprint density at radius 1 is 0.900 bits per heavy atom. The molecular weight excluding hydrogens is 510 g/mol. The Morgan fingerprint density at radius 3 is 2.10 bits per heavy atom. The molecule has 0 spiro atoms. The van der Waals surface area contributed by atoms with Gasteiger partial charge in [-0.25, -0.2) is 4.98 Å². The van der Waals surface area contributed by atoms with Crippen LogP contribution in [0.4, 0.5) is 0 Å². The number of rotatable bonds is 13. The maximum absolute atomic E-state index is 12.6. The minimum absolute atomic E-state index is 0.0755. The first-order valence-electron chi connectivity index (χ1n) is 14.5. The average molecular weight is 554 g/mol. The fraction of sp³-hybridized carbons (Fsp3) is 0.371. The van der Waals surface area contributed by atoms with Crippen LogP contribution in [0.25, 0.3) is 0 Å². The standard InChI is InChI=1S/C35H43N3OS/c1-5-6-22-36-34(39)32-26-40-33(37-32)25-38(24-27-17-19-30(20-18-27)35(2,3)4)23-21-31(28-13-9-7-10-14-28)29-15-11-8-12-16-29/h7-20,26,31H,5-6,21-25H2,1-4H3,(H,36,39). The Labute approximate surface area is 244 Å². The van der Waals surface area contributed by atoms with Gasteiger partial charge in [-0.05, 0) is 47.1 Å². The molecular formula is C35H43N3OS. The van der Waals surface area contributed by atoms with Gasteiger partial charge in [0.1, 0.15) is 10.7 Å². The fourth-order valence-corrected chi connectivity index (χ4v) is 5.75. The maximum atomic E-state index is 12.6. The van der Waals surface area contributed by atoms with E-state index in [2.05, 4.69) is 123 Å². The SMILES string of the molecule is CCCCNC(=O)c1csc(CN(CCC(c2ccccc2)c2ccccc2)Cc2ccc(C(C)(C)C)cc2)n1. The van der Waals surface area contributed by atoms with Gasteiger partial charge in [0.25, 0.3) is 5.91 Å². The molecule has 1 heterocycles. The first-order valence-corrected chi connectivity index (χ1v) is 15.4. The molecule has 5 heteroatoms. The Balaban J connectivity index is 1.53. The largest absolute Gasteiger partial charge is 0.351 e. The number of benzene rings is 3. The monoisotopic (exact) mass is 553 g/mol. The molecule has 1 N–H and O–H groups in total. The van der Waals surface area contributed by atoms with Gasteiger partial charge in [-0.2, -0.15) is 0 Å².